The monoisotopic (exact) mass is 481 g/mol. The highest BCUT2D eigenvalue weighted by molar-refractivity contribution is 14.0. The van der Waals surface area contributed by atoms with Crippen molar-refractivity contribution in [3.05, 3.63) is 47.5 Å². The van der Waals surface area contributed by atoms with Gasteiger partial charge in [0, 0.05) is 11.8 Å². The van der Waals surface area contributed by atoms with Crippen LogP contribution in [0.4, 0.5) is 5.69 Å². The molecule has 1 heterocycles. The number of nitrogens with one attached hydrogen (secondary N) is 1. The molecule has 2 aromatic rings. The van der Waals surface area contributed by atoms with Crippen LogP contribution in [0.15, 0.2) is 41.4 Å². The molecule has 0 saturated carbocycles. The summed E-state index contributed by atoms with van der Waals surface area (Å²) in [6.07, 6.45) is 4.73. The second-order valence-electron chi connectivity index (χ2n) is 6.41. The van der Waals surface area contributed by atoms with Crippen molar-refractivity contribution in [1.82, 2.24) is 0 Å². The van der Waals surface area contributed by atoms with Crippen LogP contribution in [0, 0.1) is 0 Å². The van der Waals surface area contributed by atoms with Crippen molar-refractivity contribution in [2.75, 3.05) is 25.3 Å². The number of anilines is 1. The standard InChI is InChI=1S/C20H23N3O3.HI/c21-20(23-17-7-3-5-14-4-1-2-6-16(14)17)22-10-11-24-15-8-9-18-19(12-15)26-13-25-18;/h3,5,7-9,12H,1-2,4,6,10-11,13H2,(H3,21,22,23);1H. The molecule has 0 fully saturated rings. The Bertz CT molecular complexity index is 826. The molecule has 0 radical (unpaired) electrons. The zero-order valence-corrected chi connectivity index (χ0v) is 17.4. The number of guanidine groups is 1. The van der Waals surface area contributed by atoms with Gasteiger partial charge in [0.2, 0.25) is 6.79 Å². The summed E-state index contributed by atoms with van der Waals surface area (Å²) in [6.45, 7) is 1.17. The summed E-state index contributed by atoms with van der Waals surface area (Å²) in [5.41, 5.74) is 9.89. The van der Waals surface area contributed by atoms with Crippen LogP contribution in [-0.2, 0) is 12.8 Å². The van der Waals surface area contributed by atoms with Crippen molar-refractivity contribution in [3.8, 4) is 17.2 Å². The molecule has 4 rings (SSSR count). The van der Waals surface area contributed by atoms with Gasteiger partial charge in [0.25, 0.3) is 0 Å². The smallest absolute Gasteiger partial charge is 0.231 e. The molecule has 27 heavy (non-hydrogen) atoms. The van der Waals surface area contributed by atoms with E-state index in [9.17, 15) is 0 Å². The Hall–Kier alpha value is -2.16. The van der Waals surface area contributed by atoms with Crippen LogP contribution in [0.2, 0.25) is 0 Å². The first-order valence-corrected chi connectivity index (χ1v) is 9.00. The molecule has 0 spiro atoms. The van der Waals surface area contributed by atoms with Gasteiger partial charge in [-0.05, 0) is 55.0 Å². The first-order valence-electron chi connectivity index (χ1n) is 9.00. The summed E-state index contributed by atoms with van der Waals surface area (Å²) in [4.78, 5) is 4.36. The van der Waals surface area contributed by atoms with Gasteiger partial charge in [-0.25, -0.2) is 4.99 Å². The van der Waals surface area contributed by atoms with E-state index in [1.807, 2.05) is 18.2 Å². The second kappa shape index (κ2) is 9.16. The molecular weight excluding hydrogens is 457 g/mol. The fourth-order valence-electron chi connectivity index (χ4n) is 3.37. The summed E-state index contributed by atoms with van der Waals surface area (Å²) in [7, 11) is 0. The lowest BCUT2D eigenvalue weighted by atomic mass is 9.90. The van der Waals surface area contributed by atoms with Gasteiger partial charge in [0.05, 0.1) is 6.54 Å². The third-order valence-electron chi connectivity index (χ3n) is 4.64. The van der Waals surface area contributed by atoms with Crippen LogP contribution >= 0.6 is 24.0 Å². The first kappa shape index (κ1) is 19.6. The van der Waals surface area contributed by atoms with Gasteiger partial charge < -0.3 is 25.3 Å². The molecule has 1 aliphatic heterocycles. The number of hydrogen-bond acceptors (Lipinski definition) is 4. The second-order valence-corrected chi connectivity index (χ2v) is 6.41. The van der Waals surface area contributed by atoms with Gasteiger partial charge in [-0.3, -0.25) is 0 Å². The van der Waals surface area contributed by atoms with Crippen molar-refractivity contribution >= 4 is 35.6 Å². The minimum absolute atomic E-state index is 0. The molecule has 0 unspecified atom stereocenters. The fourth-order valence-corrected chi connectivity index (χ4v) is 3.37. The van der Waals surface area contributed by atoms with E-state index >= 15 is 0 Å². The number of hydrogen-bond donors (Lipinski definition) is 2. The maximum atomic E-state index is 6.04. The quantitative estimate of drug-likeness (QED) is 0.295. The van der Waals surface area contributed by atoms with Gasteiger partial charge in [0.15, 0.2) is 17.5 Å². The zero-order chi connectivity index (χ0) is 17.8. The highest BCUT2D eigenvalue weighted by Crippen LogP contribution is 2.35. The number of aliphatic imine (C=N–C) groups is 1. The molecule has 144 valence electrons. The van der Waals surface area contributed by atoms with E-state index < -0.39 is 0 Å². The average molecular weight is 481 g/mol. The molecule has 1 aliphatic carbocycles. The maximum absolute atomic E-state index is 6.04. The van der Waals surface area contributed by atoms with Crippen molar-refractivity contribution < 1.29 is 14.2 Å². The number of nitrogens with two attached hydrogens (primary N) is 1. The largest absolute Gasteiger partial charge is 0.492 e. The summed E-state index contributed by atoms with van der Waals surface area (Å²) >= 11 is 0. The zero-order valence-electron chi connectivity index (χ0n) is 15.1. The van der Waals surface area contributed by atoms with Crippen LogP contribution in [0.5, 0.6) is 17.2 Å². The molecule has 6 nitrogen and oxygen atoms in total. The van der Waals surface area contributed by atoms with E-state index in [0.717, 1.165) is 30.0 Å². The number of fused-ring (bicyclic) bond motifs is 2. The van der Waals surface area contributed by atoms with Crippen LogP contribution in [-0.4, -0.2) is 25.9 Å². The Balaban J connectivity index is 0.00000210. The molecule has 3 N–H and O–H groups in total. The van der Waals surface area contributed by atoms with Crippen molar-refractivity contribution in [1.29, 1.82) is 0 Å². The Morgan fingerprint density at radius 1 is 1.11 bits per heavy atom. The number of nitrogens with zero attached hydrogens (tertiary/aromatic N) is 1. The highest BCUT2D eigenvalue weighted by Gasteiger charge is 2.14. The van der Waals surface area contributed by atoms with Crippen molar-refractivity contribution in [3.63, 3.8) is 0 Å². The van der Waals surface area contributed by atoms with Crippen LogP contribution in [0.1, 0.15) is 24.0 Å². The molecule has 2 aliphatic rings. The number of benzene rings is 2. The molecule has 0 aromatic heterocycles. The minimum Gasteiger partial charge on any atom is -0.492 e. The van der Waals surface area contributed by atoms with E-state index in [2.05, 4.69) is 28.5 Å². The lowest BCUT2D eigenvalue weighted by molar-refractivity contribution is 0.174. The van der Waals surface area contributed by atoms with Gasteiger partial charge >= 0.3 is 0 Å². The van der Waals surface area contributed by atoms with E-state index in [1.165, 1.54) is 24.0 Å². The summed E-state index contributed by atoms with van der Waals surface area (Å²) in [6, 6.07) is 11.9. The molecule has 0 bridgehead atoms. The molecular formula is C20H24IN3O3. The first-order chi connectivity index (χ1) is 12.8. The minimum atomic E-state index is 0. The Morgan fingerprint density at radius 2 is 1.96 bits per heavy atom. The van der Waals surface area contributed by atoms with Gasteiger partial charge in [-0.1, -0.05) is 12.1 Å². The van der Waals surface area contributed by atoms with Gasteiger partial charge in [-0.15, -0.1) is 24.0 Å². The van der Waals surface area contributed by atoms with Crippen LogP contribution in [0.3, 0.4) is 0 Å². The van der Waals surface area contributed by atoms with E-state index in [4.69, 9.17) is 19.9 Å². The van der Waals surface area contributed by atoms with Gasteiger partial charge in [-0.2, -0.15) is 0 Å². The van der Waals surface area contributed by atoms with Crippen LogP contribution in [0.25, 0.3) is 0 Å². The highest BCUT2D eigenvalue weighted by atomic mass is 127. The third kappa shape index (κ3) is 4.77. The van der Waals surface area contributed by atoms with Crippen LogP contribution < -0.4 is 25.3 Å². The molecule has 0 saturated heterocycles. The predicted molar refractivity (Wildman–Crippen MR) is 117 cm³/mol. The molecule has 0 amide bonds. The molecule has 0 atom stereocenters. The average Bonchev–Trinajstić information content (AvgIpc) is 3.13. The Kier molecular flexibility index (Phi) is 6.65. The third-order valence-corrected chi connectivity index (χ3v) is 4.64. The number of rotatable bonds is 5. The Morgan fingerprint density at radius 3 is 2.89 bits per heavy atom. The van der Waals surface area contributed by atoms with E-state index in [-0.39, 0.29) is 30.8 Å². The summed E-state index contributed by atoms with van der Waals surface area (Å²) < 4.78 is 16.3. The van der Waals surface area contributed by atoms with E-state index in [0.29, 0.717) is 24.9 Å². The molecule has 2 aromatic carbocycles. The maximum Gasteiger partial charge on any atom is 0.231 e. The number of halogens is 1. The predicted octanol–water partition coefficient (Wildman–Crippen LogP) is 3.72. The Labute approximate surface area is 176 Å². The number of ether oxygens (including phenoxy) is 3. The molecule has 7 heteroatoms. The summed E-state index contributed by atoms with van der Waals surface area (Å²) in [5, 5.41) is 3.24. The van der Waals surface area contributed by atoms with Gasteiger partial charge in [0.1, 0.15) is 12.4 Å². The summed E-state index contributed by atoms with van der Waals surface area (Å²) in [5.74, 6) is 2.60. The number of aryl methyl sites for hydroxylation is 1. The SMILES string of the molecule is I.NC(=NCCOc1ccc2c(c1)OCO2)Nc1cccc2c1CCCC2. The van der Waals surface area contributed by atoms with E-state index in [1.54, 1.807) is 0 Å². The normalized spacial score (nSPS) is 14.9. The van der Waals surface area contributed by atoms with Crippen molar-refractivity contribution in [2.24, 2.45) is 10.7 Å². The fraction of sp³-hybridized carbons (Fsp3) is 0.350. The lowest BCUT2D eigenvalue weighted by Gasteiger charge is -2.19. The lowest BCUT2D eigenvalue weighted by Crippen LogP contribution is -2.25. The topological polar surface area (TPSA) is 78.1 Å². The van der Waals surface area contributed by atoms with Crippen molar-refractivity contribution in [2.45, 2.75) is 25.7 Å².